The molecule has 0 radical (unpaired) electrons. The SMILES string of the molecule is CNCCN1CC(c2ccccc2F)NC1=O. The maximum atomic E-state index is 13.6. The molecule has 0 saturated carbocycles. The van der Waals surface area contributed by atoms with Crippen molar-refractivity contribution in [2.75, 3.05) is 26.7 Å². The summed E-state index contributed by atoms with van der Waals surface area (Å²) in [5, 5.41) is 5.77. The molecule has 17 heavy (non-hydrogen) atoms. The summed E-state index contributed by atoms with van der Waals surface area (Å²) in [6, 6.07) is 6.17. The maximum absolute atomic E-state index is 13.6. The standard InChI is InChI=1S/C12H16FN3O/c1-14-6-7-16-8-11(15-12(16)17)9-4-2-3-5-10(9)13/h2-5,11,14H,6-8H2,1H3,(H,15,17). The lowest BCUT2D eigenvalue weighted by Crippen LogP contribution is -2.33. The number of nitrogens with zero attached hydrogens (tertiary/aromatic N) is 1. The number of nitrogens with one attached hydrogen (secondary N) is 2. The number of carbonyl (C=O) groups excluding carboxylic acids is 1. The van der Waals surface area contributed by atoms with Crippen LogP contribution in [0.4, 0.5) is 9.18 Å². The van der Waals surface area contributed by atoms with Crippen LogP contribution in [0.2, 0.25) is 0 Å². The summed E-state index contributed by atoms with van der Waals surface area (Å²) in [4.78, 5) is 13.3. The Balaban J connectivity index is 2.06. The van der Waals surface area contributed by atoms with Crippen molar-refractivity contribution in [2.45, 2.75) is 6.04 Å². The van der Waals surface area contributed by atoms with Gasteiger partial charge in [-0.2, -0.15) is 0 Å². The first kappa shape index (κ1) is 11.9. The molecule has 1 aliphatic rings. The van der Waals surface area contributed by atoms with E-state index in [2.05, 4.69) is 10.6 Å². The first-order valence-corrected chi connectivity index (χ1v) is 5.67. The van der Waals surface area contributed by atoms with Gasteiger partial charge in [-0.25, -0.2) is 9.18 Å². The van der Waals surface area contributed by atoms with E-state index in [4.69, 9.17) is 0 Å². The summed E-state index contributed by atoms with van der Waals surface area (Å²) < 4.78 is 13.6. The number of rotatable bonds is 4. The molecule has 4 nitrogen and oxygen atoms in total. The van der Waals surface area contributed by atoms with Gasteiger partial charge in [-0.15, -0.1) is 0 Å². The average Bonchev–Trinajstić information content (AvgIpc) is 2.68. The number of benzene rings is 1. The van der Waals surface area contributed by atoms with Crippen molar-refractivity contribution in [3.05, 3.63) is 35.6 Å². The van der Waals surface area contributed by atoms with Gasteiger partial charge in [0, 0.05) is 25.2 Å². The molecule has 5 heteroatoms. The minimum absolute atomic E-state index is 0.131. The molecule has 92 valence electrons. The molecule has 0 spiro atoms. The second-order valence-electron chi connectivity index (χ2n) is 4.07. The highest BCUT2D eigenvalue weighted by atomic mass is 19.1. The van der Waals surface area contributed by atoms with E-state index in [1.165, 1.54) is 6.07 Å². The number of hydrogen-bond donors (Lipinski definition) is 2. The van der Waals surface area contributed by atoms with E-state index in [1.54, 1.807) is 23.1 Å². The van der Waals surface area contributed by atoms with Crippen LogP contribution in [0.1, 0.15) is 11.6 Å². The summed E-state index contributed by atoms with van der Waals surface area (Å²) >= 11 is 0. The summed E-state index contributed by atoms with van der Waals surface area (Å²) in [5.41, 5.74) is 0.549. The van der Waals surface area contributed by atoms with Crippen molar-refractivity contribution >= 4 is 6.03 Å². The quantitative estimate of drug-likeness (QED) is 0.824. The van der Waals surface area contributed by atoms with Crippen molar-refractivity contribution < 1.29 is 9.18 Å². The lowest BCUT2D eigenvalue weighted by atomic mass is 10.1. The van der Waals surface area contributed by atoms with Crippen LogP contribution in [0.5, 0.6) is 0 Å². The van der Waals surface area contributed by atoms with Gasteiger partial charge in [0.05, 0.1) is 6.04 Å². The van der Waals surface area contributed by atoms with Gasteiger partial charge >= 0.3 is 6.03 Å². The highest BCUT2D eigenvalue weighted by Gasteiger charge is 2.30. The smallest absolute Gasteiger partial charge is 0.318 e. The van der Waals surface area contributed by atoms with Crippen molar-refractivity contribution in [3.8, 4) is 0 Å². The molecule has 0 bridgehead atoms. The maximum Gasteiger partial charge on any atom is 0.318 e. The Labute approximate surface area is 99.8 Å². The van der Waals surface area contributed by atoms with Gasteiger partial charge in [-0.05, 0) is 13.1 Å². The number of amides is 2. The van der Waals surface area contributed by atoms with Gasteiger partial charge in [0.2, 0.25) is 0 Å². The Kier molecular flexibility index (Phi) is 3.58. The number of urea groups is 1. The molecule has 1 saturated heterocycles. The molecule has 0 aliphatic carbocycles. The molecule has 0 aromatic heterocycles. The van der Waals surface area contributed by atoms with Crippen molar-refractivity contribution in [1.82, 2.24) is 15.5 Å². The Morgan fingerprint density at radius 3 is 3.00 bits per heavy atom. The Hall–Kier alpha value is -1.62. The topological polar surface area (TPSA) is 44.4 Å². The second kappa shape index (κ2) is 5.14. The molecule has 1 heterocycles. The molecule has 1 aromatic carbocycles. The second-order valence-corrected chi connectivity index (χ2v) is 4.07. The summed E-state index contributed by atoms with van der Waals surface area (Å²) in [5.74, 6) is -0.270. The fourth-order valence-electron chi connectivity index (χ4n) is 1.96. The van der Waals surface area contributed by atoms with Gasteiger partial charge in [-0.3, -0.25) is 0 Å². The Morgan fingerprint density at radius 1 is 1.53 bits per heavy atom. The fraction of sp³-hybridized carbons (Fsp3) is 0.417. The van der Waals surface area contributed by atoms with Gasteiger partial charge in [-0.1, -0.05) is 18.2 Å². The zero-order valence-electron chi connectivity index (χ0n) is 9.74. The van der Waals surface area contributed by atoms with Gasteiger partial charge in [0.25, 0.3) is 0 Å². The fourth-order valence-corrected chi connectivity index (χ4v) is 1.96. The van der Waals surface area contributed by atoms with Crippen molar-refractivity contribution in [2.24, 2.45) is 0 Å². The van der Waals surface area contributed by atoms with Crippen LogP contribution in [-0.4, -0.2) is 37.6 Å². The Bertz CT molecular complexity index is 410. The third kappa shape index (κ3) is 2.55. The van der Waals surface area contributed by atoms with Crippen LogP contribution in [0.3, 0.4) is 0 Å². The number of hydrogen-bond acceptors (Lipinski definition) is 2. The van der Waals surface area contributed by atoms with Crippen LogP contribution >= 0.6 is 0 Å². The van der Waals surface area contributed by atoms with Crippen molar-refractivity contribution in [1.29, 1.82) is 0 Å². The Morgan fingerprint density at radius 2 is 2.29 bits per heavy atom. The predicted molar refractivity (Wildman–Crippen MR) is 63.2 cm³/mol. The minimum atomic E-state index is -0.270. The van der Waals surface area contributed by atoms with E-state index in [0.29, 0.717) is 18.7 Å². The van der Waals surface area contributed by atoms with E-state index < -0.39 is 0 Å². The molecule has 2 amide bonds. The molecule has 2 N–H and O–H groups in total. The first-order valence-electron chi connectivity index (χ1n) is 5.67. The number of likely N-dealkylation sites (N-methyl/N-ethyl adjacent to an activating group) is 1. The highest BCUT2D eigenvalue weighted by Crippen LogP contribution is 2.22. The number of carbonyl (C=O) groups is 1. The van der Waals surface area contributed by atoms with Gasteiger partial charge in [0.1, 0.15) is 5.82 Å². The van der Waals surface area contributed by atoms with E-state index in [9.17, 15) is 9.18 Å². The third-order valence-electron chi connectivity index (χ3n) is 2.90. The van der Waals surface area contributed by atoms with Gasteiger partial charge < -0.3 is 15.5 Å². The molecular formula is C12H16FN3O. The van der Waals surface area contributed by atoms with E-state index in [1.807, 2.05) is 7.05 Å². The van der Waals surface area contributed by atoms with Crippen LogP contribution in [0, 0.1) is 5.82 Å². The van der Waals surface area contributed by atoms with Crippen LogP contribution in [0.15, 0.2) is 24.3 Å². The lowest BCUT2D eigenvalue weighted by Gasteiger charge is -2.14. The van der Waals surface area contributed by atoms with E-state index in [0.717, 1.165) is 6.54 Å². The molecule has 2 rings (SSSR count). The zero-order chi connectivity index (χ0) is 12.3. The van der Waals surface area contributed by atoms with Gasteiger partial charge in [0.15, 0.2) is 0 Å². The summed E-state index contributed by atoms with van der Waals surface area (Å²) in [6.07, 6.45) is 0. The molecule has 1 unspecified atom stereocenters. The molecule has 1 fully saturated rings. The number of halogens is 1. The highest BCUT2D eigenvalue weighted by molar-refractivity contribution is 5.77. The lowest BCUT2D eigenvalue weighted by molar-refractivity contribution is 0.218. The molecular weight excluding hydrogens is 221 g/mol. The normalized spacial score (nSPS) is 19.5. The third-order valence-corrected chi connectivity index (χ3v) is 2.90. The van der Waals surface area contributed by atoms with Crippen molar-refractivity contribution in [3.63, 3.8) is 0 Å². The van der Waals surface area contributed by atoms with E-state index in [-0.39, 0.29) is 17.9 Å². The largest absolute Gasteiger partial charge is 0.329 e. The average molecular weight is 237 g/mol. The minimum Gasteiger partial charge on any atom is -0.329 e. The molecule has 1 atom stereocenters. The van der Waals surface area contributed by atoms with Crippen LogP contribution in [0.25, 0.3) is 0 Å². The molecule has 1 aromatic rings. The summed E-state index contributed by atoms with van der Waals surface area (Å²) in [7, 11) is 1.84. The van der Waals surface area contributed by atoms with Crippen LogP contribution < -0.4 is 10.6 Å². The first-order chi connectivity index (χ1) is 8.22. The molecule has 1 aliphatic heterocycles. The van der Waals surface area contributed by atoms with E-state index >= 15 is 0 Å². The zero-order valence-corrected chi connectivity index (χ0v) is 9.74. The predicted octanol–water partition coefficient (Wildman–Crippen LogP) is 1.11. The summed E-state index contributed by atoms with van der Waals surface area (Å²) in [6.45, 7) is 1.88. The monoisotopic (exact) mass is 237 g/mol. The van der Waals surface area contributed by atoms with Crippen LogP contribution in [-0.2, 0) is 0 Å².